The smallest absolute Gasteiger partial charge is 0.355 e. The molecule has 4 aliphatic carbocycles. The summed E-state index contributed by atoms with van der Waals surface area (Å²) in [5, 5.41) is 84.1. The number of pyridine rings is 1. The summed E-state index contributed by atoms with van der Waals surface area (Å²) in [6, 6.07) is 20.8. The zero-order valence-corrected chi connectivity index (χ0v) is 49.7. The van der Waals surface area contributed by atoms with Crippen LogP contribution in [0, 0.1) is 29.1 Å². The van der Waals surface area contributed by atoms with Gasteiger partial charge in [0.05, 0.1) is 41.8 Å². The standard InChI is InChI=1S/C63H76N8O15S/c1-35-42(40-15-16-47(68-49(40)55(78)79)70-20-17-37-9-6-10-41(43(37)24-70)54(77)69-59-67-44-11-4-5-12-46(44)87-59)23-66-71(35)34-62-29-60(2)28-61(3,30-62)32-63(31-60,33-62)84-21-19-65-48(39(25-72)26-73)57(82)83-27-38-14-13-36(8-7-18-64)22-45(38)85-58-52(76)50(74)51(75)53(86-58)56(80)81/h4-6,9-16,22-23,39,48,50-53,58,65,72-76H,7-8,17-21,24-34,64H2,1-3H3,(H,78,79)(H,80,81)(H,67,69,77)/t48?,50-,51?,52+,53-,58+,60?,61?,62?,63?/m0/s1. The molecule has 0 spiro atoms. The minimum absolute atomic E-state index is 0.0459. The summed E-state index contributed by atoms with van der Waals surface area (Å²) < 4.78 is 27.1. The van der Waals surface area contributed by atoms with Gasteiger partial charge in [-0.25, -0.2) is 19.6 Å². The first kappa shape index (κ1) is 61.7. The van der Waals surface area contributed by atoms with Gasteiger partial charge in [0.25, 0.3) is 5.91 Å². The van der Waals surface area contributed by atoms with Crippen molar-refractivity contribution in [3.05, 3.63) is 118 Å². The Bertz CT molecular complexity index is 3500. The molecule has 3 aromatic heterocycles. The third-order valence-electron chi connectivity index (χ3n) is 18.3. The van der Waals surface area contributed by atoms with E-state index in [-0.39, 0.29) is 52.3 Å². The molecule has 11 N–H and O–H groups in total. The Labute approximate surface area is 506 Å². The number of anilines is 2. The molecule has 4 saturated carbocycles. The monoisotopic (exact) mass is 1220 g/mol. The van der Waals surface area contributed by atoms with Crippen LogP contribution in [0.15, 0.2) is 79.0 Å². The van der Waals surface area contributed by atoms with E-state index in [9.17, 15) is 54.9 Å². The number of aliphatic hydroxyl groups is 5. The lowest BCUT2D eigenvalue weighted by molar-refractivity contribution is -0.271. The van der Waals surface area contributed by atoms with Gasteiger partial charge in [-0.1, -0.05) is 61.6 Å². The van der Waals surface area contributed by atoms with Crippen LogP contribution in [0.3, 0.4) is 0 Å². The van der Waals surface area contributed by atoms with Crippen molar-refractivity contribution in [2.24, 2.45) is 27.9 Å². The molecular weight excluding hydrogens is 1140 g/mol. The van der Waals surface area contributed by atoms with Gasteiger partial charge in [-0.05, 0) is 141 Å². The number of rotatable bonds is 24. The second-order valence-electron chi connectivity index (χ2n) is 25.3. The first-order valence-corrected chi connectivity index (χ1v) is 30.4. The van der Waals surface area contributed by atoms with Crippen molar-refractivity contribution in [3.63, 3.8) is 0 Å². The fourth-order valence-electron chi connectivity index (χ4n) is 15.4. The van der Waals surface area contributed by atoms with Crippen molar-refractivity contribution in [1.29, 1.82) is 0 Å². The molecule has 87 heavy (non-hydrogen) atoms. The lowest BCUT2D eigenvalue weighted by atomic mass is 9.39. The molecule has 8 atom stereocenters. The number of hydrogen-bond acceptors (Lipinski definition) is 20. The predicted molar refractivity (Wildman–Crippen MR) is 319 cm³/mol. The number of ether oxygens (including phenoxy) is 4. The van der Waals surface area contributed by atoms with E-state index >= 15 is 0 Å². The number of nitrogens with two attached hydrogens (primary N) is 1. The molecule has 5 fully saturated rings. The molecule has 1 amide bonds. The third kappa shape index (κ3) is 12.7. The molecule has 24 heteroatoms. The molecule has 0 radical (unpaired) electrons. The summed E-state index contributed by atoms with van der Waals surface area (Å²) in [7, 11) is 0. The van der Waals surface area contributed by atoms with Crippen LogP contribution in [0.25, 0.3) is 21.3 Å². The SMILES string of the molecule is Cc1c(-c2ccc(N3CCc4cccc(C(=O)Nc5nc6ccccc6s5)c4C3)nc2C(=O)O)cnn1CC12CC3(C)CC(C)(C1)CC(OCCNC(C(=O)OCc1ccc(CCCN)cc1O[C@@H]1O[C@H](C(=O)O)C(O)[C@H](O)[C@H]1O)C(CO)CO)(C3)C2. The lowest BCUT2D eigenvalue weighted by Gasteiger charge is -2.69. The van der Waals surface area contributed by atoms with Gasteiger partial charge < -0.3 is 70.6 Å². The van der Waals surface area contributed by atoms with Crippen LogP contribution >= 0.6 is 11.3 Å². The molecule has 12 rings (SSSR count). The van der Waals surface area contributed by atoms with Gasteiger partial charge in [0.1, 0.15) is 42.5 Å². The first-order chi connectivity index (χ1) is 41.6. The van der Waals surface area contributed by atoms with Gasteiger partial charge in [0.2, 0.25) is 6.29 Å². The van der Waals surface area contributed by atoms with Crippen LogP contribution in [0.2, 0.25) is 0 Å². The number of aromatic nitrogens is 4. The molecule has 4 bridgehead atoms. The number of esters is 1. The van der Waals surface area contributed by atoms with Crippen LogP contribution in [0.4, 0.5) is 10.9 Å². The average molecular weight is 1220 g/mol. The average Bonchev–Trinajstić information content (AvgIpc) is 0.792. The maximum Gasteiger partial charge on any atom is 0.355 e. The van der Waals surface area contributed by atoms with Crippen LogP contribution < -0.4 is 26.0 Å². The number of benzene rings is 3. The van der Waals surface area contributed by atoms with Gasteiger partial charge in [0, 0.05) is 60.0 Å². The van der Waals surface area contributed by atoms with Crippen molar-refractivity contribution >= 4 is 56.3 Å². The molecule has 6 aromatic rings. The summed E-state index contributed by atoms with van der Waals surface area (Å²) in [4.78, 5) is 64.1. The zero-order valence-electron chi connectivity index (χ0n) is 48.9. The Kier molecular flexibility index (Phi) is 17.6. The van der Waals surface area contributed by atoms with Crippen molar-refractivity contribution in [3.8, 4) is 16.9 Å². The highest BCUT2D eigenvalue weighted by atomic mass is 32.1. The topological polar surface area (TPSA) is 344 Å². The maximum absolute atomic E-state index is 14.0. The number of carbonyl (C=O) groups is 4. The van der Waals surface area contributed by atoms with Crippen molar-refractivity contribution < 1.29 is 73.9 Å². The van der Waals surface area contributed by atoms with Gasteiger partial charge >= 0.3 is 17.9 Å². The van der Waals surface area contributed by atoms with E-state index in [2.05, 4.69) is 29.5 Å². The normalized spacial score (nSPS) is 26.9. The third-order valence-corrected chi connectivity index (χ3v) is 19.2. The van der Waals surface area contributed by atoms with Crippen LogP contribution in [-0.2, 0) is 56.3 Å². The Hall–Kier alpha value is -6.97. The predicted octanol–water partition coefficient (Wildman–Crippen LogP) is 4.98. The number of para-hydroxylation sites is 1. The number of aliphatic hydroxyl groups excluding tert-OH is 5. The van der Waals surface area contributed by atoms with Gasteiger partial charge in [-0.3, -0.25) is 19.6 Å². The van der Waals surface area contributed by atoms with E-state index in [0.717, 1.165) is 71.1 Å². The number of hydrogen-bond donors (Lipinski definition) is 10. The quantitative estimate of drug-likeness (QED) is 0.0282. The van der Waals surface area contributed by atoms with Crippen molar-refractivity contribution in [2.45, 2.75) is 141 Å². The largest absolute Gasteiger partial charge is 0.479 e. The van der Waals surface area contributed by atoms with Crippen molar-refractivity contribution in [1.82, 2.24) is 25.1 Å². The Balaban J connectivity index is 0.752. The first-order valence-electron chi connectivity index (χ1n) is 29.6. The number of carbonyl (C=O) groups excluding carboxylic acids is 2. The number of carboxylic acid groups (broad SMARTS) is 2. The molecule has 4 unspecified atom stereocenters. The Morgan fingerprint density at radius 3 is 2.38 bits per heavy atom. The van der Waals surface area contributed by atoms with E-state index < -0.39 is 86.0 Å². The van der Waals surface area contributed by atoms with E-state index in [0.29, 0.717) is 73.1 Å². The number of aliphatic carboxylic acids is 1. The molecule has 3 aromatic carbocycles. The summed E-state index contributed by atoms with van der Waals surface area (Å²) >= 11 is 1.41. The van der Waals surface area contributed by atoms with Crippen LogP contribution in [0.1, 0.15) is 108 Å². The zero-order chi connectivity index (χ0) is 61.6. The summed E-state index contributed by atoms with van der Waals surface area (Å²) in [6.45, 7) is 7.38. The minimum atomic E-state index is -1.93. The molecule has 6 aliphatic rings. The molecule has 23 nitrogen and oxygen atoms in total. The molecular formula is C63H76N8O15S. The molecule has 2 aliphatic heterocycles. The fourth-order valence-corrected chi connectivity index (χ4v) is 16.3. The second-order valence-corrected chi connectivity index (χ2v) is 26.3. The Morgan fingerprint density at radius 2 is 1.66 bits per heavy atom. The van der Waals surface area contributed by atoms with E-state index in [1.807, 2.05) is 59.0 Å². The van der Waals surface area contributed by atoms with E-state index in [1.54, 1.807) is 36.5 Å². The number of fused-ring (bicyclic) bond motifs is 2. The second kappa shape index (κ2) is 24.9. The number of aromatic carboxylic acids is 1. The number of nitrogens with zero attached hydrogens (tertiary/aromatic N) is 5. The lowest BCUT2D eigenvalue weighted by Crippen LogP contribution is -2.64. The summed E-state index contributed by atoms with van der Waals surface area (Å²) in [6.07, 6.45) is -0.499. The van der Waals surface area contributed by atoms with Crippen molar-refractivity contribution in [2.75, 3.05) is 49.7 Å². The number of aryl methyl sites for hydroxylation is 1. The fraction of sp³-hybridized carbons (Fsp3) is 0.508. The van der Waals surface area contributed by atoms with Crippen LogP contribution in [-0.4, -0.2) is 161 Å². The number of carboxylic acids is 2. The highest BCUT2D eigenvalue weighted by Gasteiger charge is 2.66. The number of nitrogens with one attached hydrogen (secondary N) is 2. The summed E-state index contributed by atoms with van der Waals surface area (Å²) in [5.41, 5.74) is 11.0. The van der Waals surface area contributed by atoms with E-state index in [4.69, 9.17) is 34.8 Å². The van der Waals surface area contributed by atoms with Gasteiger partial charge in [-0.15, -0.1) is 0 Å². The molecule has 5 heterocycles. The maximum atomic E-state index is 14.0. The van der Waals surface area contributed by atoms with Gasteiger partial charge in [0.15, 0.2) is 16.9 Å². The molecule has 1 saturated heterocycles. The minimum Gasteiger partial charge on any atom is -0.479 e. The Morgan fingerprint density at radius 1 is 0.885 bits per heavy atom. The molecule has 464 valence electrons. The number of amides is 1. The number of thiazole rings is 1. The van der Waals surface area contributed by atoms with Gasteiger partial charge in [-0.2, -0.15) is 5.10 Å². The van der Waals surface area contributed by atoms with E-state index in [1.165, 1.54) is 11.3 Å². The summed E-state index contributed by atoms with van der Waals surface area (Å²) in [5.74, 6) is -4.25. The van der Waals surface area contributed by atoms with Crippen LogP contribution in [0.5, 0.6) is 5.75 Å². The highest BCUT2D eigenvalue weighted by molar-refractivity contribution is 7.22. The highest BCUT2D eigenvalue weighted by Crippen LogP contribution is 2.72.